The fourth-order valence-corrected chi connectivity index (χ4v) is 3.20. The molecule has 1 heterocycles. The zero-order chi connectivity index (χ0) is 19.5. The molecule has 4 rings (SSSR count). The molecule has 0 aromatic heterocycles. The van der Waals surface area contributed by atoms with E-state index in [-0.39, 0.29) is 18.4 Å². The van der Waals surface area contributed by atoms with Gasteiger partial charge in [-0.1, -0.05) is 42.5 Å². The van der Waals surface area contributed by atoms with E-state index in [4.69, 9.17) is 4.74 Å². The lowest BCUT2D eigenvalue weighted by atomic mass is 10.1. The molecule has 0 saturated carbocycles. The van der Waals surface area contributed by atoms with Crippen LogP contribution in [0, 0.1) is 11.3 Å². The normalized spacial score (nSPS) is 12.6. The van der Waals surface area contributed by atoms with Crippen LogP contribution >= 0.6 is 0 Å². The molecule has 5 heteroatoms. The highest BCUT2D eigenvalue weighted by atomic mass is 16.5. The average Bonchev–Trinajstić information content (AvgIpc) is 2.98. The highest BCUT2D eigenvalue weighted by Crippen LogP contribution is 2.28. The Hall–Kier alpha value is -3.91. The molecule has 0 aliphatic carbocycles. The molecule has 0 saturated heterocycles. The molecular weight excluding hydrogens is 352 g/mol. The van der Waals surface area contributed by atoms with Gasteiger partial charge in [0.15, 0.2) is 0 Å². The molecule has 136 valence electrons. The Morgan fingerprint density at radius 1 is 0.857 bits per heavy atom. The number of carbonyl (C=O) groups excluding carboxylic acids is 2. The first kappa shape index (κ1) is 17.5. The van der Waals surface area contributed by atoms with Gasteiger partial charge in [0, 0.05) is 5.56 Å². The molecule has 0 fully saturated rings. The number of rotatable bonds is 5. The number of ether oxygens (including phenoxy) is 1. The summed E-state index contributed by atoms with van der Waals surface area (Å²) in [4.78, 5) is 26.5. The summed E-state index contributed by atoms with van der Waals surface area (Å²) >= 11 is 0. The van der Waals surface area contributed by atoms with Crippen molar-refractivity contribution in [1.29, 1.82) is 5.26 Å². The van der Waals surface area contributed by atoms with Crippen molar-refractivity contribution in [3.05, 3.63) is 101 Å². The Morgan fingerprint density at radius 2 is 1.50 bits per heavy atom. The first-order chi connectivity index (χ1) is 13.7. The smallest absolute Gasteiger partial charge is 0.261 e. The zero-order valence-electron chi connectivity index (χ0n) is 15.0. The second-order valence-corrected chi connectivity index (χ2v) is 6.45. The third-order valence-electron chi connectivity index (χ3n) is 4.63. The molecule has 1 aliphatic rings. The van der Waals surface area contributed by atoms with E-state index < -0.39 is 0 Å². The maximum atomic E-state index is 12.7. The number of hydrogen-bond donors (Lipinski definition) is 0. The van der Waals surface area contributed by atoms with Crippen LogP contribution in [0.1, 0.15) is 37.4 Å². The van der Waals surface area contributed by atoms with Crippen molar-refractivity contribution < 1.29 is 14.3 Å². The molecule has 2 amide bonds. The van der Waals surface area contributed by atoms with Gasteiger partial charge in [-0.25, -0.2) is 0 Å². The van der Waals surface area contributed by atoms with Crippen LogP contribution in [0.15, 0.2) is 72.8 Å². The van der Waals surface area contributed by atoms with Gasteiger partial charge in [0.2, 0.25) is 0 Å². The number of carbonyl (C=O) groups is 2. The van der Waals surface area contributed by atoms with E-state index in [1.54, 1.807) is 42.5 Å². The third-order valence-corrected chi connectivity index (χ3v) is 4.63. The Balaban J connectivity index is 1.61. The van der Waals surface area contributed by atoms with Crippen LogP contribution in [-0.2, 0) is 13.2 Å². The second kappa shape index (κ2) is 7.37. The van der Waals surface area contributed by atoms with Gasteiger partial charge >= 0.3 is 0 Å². The van der Waals surface area contributed by atoms with Gasteiger partial charge < -0.3 is 4.74 Å². The lowest BCUT2D eigenvalue weighted by Crippen LogP contribution is -2.29. The Bertz CT molecular complexity index is 1070. The maximum Gasteiger partial charge on any atom is 0.261 e. The summed E-state index contributed by atoms with van der Waals surface area (Å²) in [6.07, 6.45) is 0. The Morgan fingerprint density at radius 3 is 2.14 bits per heavy atom. The molecular formula is C23H16N2O3. The van der Waals surface area contributed by atoms with Crippen LogP contribution in [0.3, 0.4) is 0 Å². The van der Waals surface area contributed by atoms with E-state index >= 15 is 0 Å². The number of hydrogen-bond acceptors (Lipinski definition) is 4. The monoisotopic (exact) mass is 368 g/mol. The summed E-state index contributed by atoms with van der Waals surface area (Å²) in [7, 11) is 0. The van der Waals surface area contributed by atoms with Crippen molar-refractivity contribution in [3.8, 4) is 11.8 Å². The SMILES string of the molecule is N#Cc1ccc(OCc2ccccc2)c(CN2C(=O)c3ccccc3C2=O)c1. The molecule has 0 spiro atoms. The first-order valence-corrected chi connectivity index (χ1v) is 8.82. The van der Waals surface area contributed by atoms with Crippen molar-refractivity contribution in [3.63, 3.8) is 0 Å². The standard InChI is InChI=1S/C23H16N2O3/c24-13-17-10-11-21(28-15-16-6-2-1-3-7-16)18(12-17)14-25-22(26)19-8-4-5-9-20(19)23(25)27/h1-12H,14-15H2. The third kappa shape index (κ3) is 3.24. The van der Waals surface area contributed by atoms with Crippen molar-refractivity contribution in [2.24, 2.45) is 0 Å². The van der Waals surface area contributed by atoms with Gasteiger partial charge in [-0.05, 0) is 35.9 Å². The maximum absolute atomic E-state index is 12.7. The second-order valence-electron chi connectivity index (χ2n) is 6.45. The Labute approximate surface area is 162 Å². The molecule has 3 aromatic rings. The lowest BCUT2D eigenvalue weighted by molar-refractivity contribution is 0.0641. The highest BCUT2D eigenvalue weighted by molar-refractivity contribution is 6.21. The lowest BCUT2D eigenvalue weighted by Gasteiger charge is -2.17. The summed E-state index contributed by atoms with van der Waals surface area (Å²) in [6.45, 7) is 0.397. The topological polar surface area (TPSA) is 70.4 Å². The van der Waals surface area contributed by atoms with E-state index in [0.29, 0.717) is 34.6 Å². The van der Waals surface area contributed by atoms with E-state index in [2.05, 4.69) is 6.07 Å². The van der Waals surface area contributed by atoms with Crippen molar-refractivity contribution >= 4 is 11.8 Å². The number of benzene rings is 3. The van der Waals surface area contributed by atoms with Gasteiger partial charge in [-0.3, -0.25) is 14.5 Å². The first-order valence-electron chi connectivity index (χ1n) is 8.82. The minimum absolute atomic E-state index is 0.0476. The predicted molar refractivity (Wildman–Crippen MR) is 103 cm³/mol. The number of nitrogens with zero attached hydrogens (tertiary/aromatic N) is 2. The van der Waals surface area contributed by atoms with Crippen LogP contribution in [0.5, 0.6) is 5.75 Å². The van der Waals surface area contributed by atoms with Gasteiger partial charge in [-0.15, -0.1) is 0 Å². The zero-order valence-corrected chi connectivity index (χ0v) is 15.0. The van der Waals surface area contributed by atoms with Crippen molar-refractivity contribution in [1.82, 2.24) is 4.90 Å². The predicted octanol–water partition coefficient (Wildman–Crippen LogP) is 3.93. The van der Waals surface area contributed by atoms with E-state index in [1.807, 2.05) is 30.3 Å². The van der Waals surface area contributed by atoms with Crippen molar-refractivity contribution in [2.75, 3.05) is 0 Å². The number of nitriles is 1. The molecule has 0 atom stereocenters. The summed E-state index contributed by atoms with van der Waals surface area (Å²) in [6, 6.07) is 23.6. The van der Waals surface area contributed by atoms with Crippen molar-refractivity contribution in [2.45, 2.75) is 13.2 Å². The summed E-state index contributed by atoms with van der Waals surface area (Å²) < 4.78 is 5.92. The molecule has 5 nitrogen and oxygen atoms in total. The number of imide groups is 1. The number of amides is 2. The Kier molecular flexibility index (Phi) is 4.61. The fourth-order valence-electron chi connectivity index (χ4n) is 3.20. The van der Waals surface area contributed by atoms with Gasteiger partial charge in [0.25, 0.3) is 11.8 Å². The van der Waals surface area contributed by atoms with Crippen LogP contribution in [0.4, 0.5) is 0 Å². The van der Waals surface area contributed by atoms with Gasteiger partial charge in [0.05, 0.1) is 29.3 Å². The molecule has 0 N–H and O–H groups in total. The fraction of sp³-hybridized carbons (Fsp3) is 0.0870. The molecule has 28 heavy (non-hydrogen) atoms. The van der Waals surface area contributed by atoms with E-state index in [0.717, 1.165) is 5.56 Å². The molecule has 1 aliphatic heterocycles. The molecule has 0 unspecified atom stereocenters. The molecule has 0 bridgehead atoms. The summed E-state index contributed by atoms with van der Waals surface area (Å²) in [5, 5.41) is 9.23. The number of fused-ring (bicyclic) bond motifs is 1. The average molecular weight is 368 g/mol. The quantitative estimate of drug-likeness (QED) is 0.640. The van der Waals surface area contributed by atoms with Crippen LogP contribution < -0.4 is 4.74 Å². The summed E-state index contributed by atoms with van der Waals surface area (Å²) in [5.74, 6) is -0.131. The highest BCUT2D eigenvalue weighted by Gasteiger charge is 2.35. The summed E-state index contributed by atoms with van der Waals surface area (Å²) in [5.41, 5.74) is 2.85. The van der Waals surface area contributed by atoms with E-state index in [1.165, 1.54) is 4.90 Å². The minimum atomic E-state index is -0.336. The van der Waals surface area contributed by atoms with Crippen LogP contribution in [0.25, 0.3) is 0 Å². The van der Waals surface area contributed by atoms with Gasteiger partial charge in [0.1, 0.15) is 12.4 Å². The van der Waals surface area contributed by atoms with Crippen LogP contribution in [-0.4, -0.2) is 16.7 Å². The van der Waals surface area contributed by atoms with Gasteiger partial charge in [-0.2, -0.15) is 5.26 Å². The van der Waals surface area contributed by atoms with Crippen LogP contribution in [0.2, 0.25) is 0 Å². The molecule has 0 radical (unpaired) electrons. The largest absolute Gasteiger partial charge is 0.489 e. The van der Waals surface area contributed by atoms with E-state index in [9.17, 15) is 14.9 Å². The minimum Gasteiger partial charge on any atom is -0.489 e. The molecule has 3 aromatic carbocycles.